The number of rotatable bonds is 5. The summed E-state index contributed by atoms with van der Waals surface area (Å²) in [6.45, 7) is 1.71. The van der Waals surface area contributed by atoms with Crippen molar-refractivity contribution in [2.75, 3.05) is 6.26 Å². The van der Waals surface area contributed by atoms with Crippen LogP contribution in [0.1, 0.15) is 53.2 Å². The van der Waals surface area contributed by atoms with Gasteiger partial charge in [0.25, 0.3) is 0 Å². The van der Waals surface area contributed by atoms with Gasteiger partial charge < -0.3 is 0 Å². The van der Waals surface area contributed by atoms with Crippen LogP contribution in [0.15, 0.2) is 29.3 Å². The highest BCUT2D eigenvalue weighted by Crippen LogP contribution is 2.46. The molecule has 0 aliphatic heterocycles. The number of nitrogens with zero attached hydrogens (tertiary/aromatic N) is 1. The summed E-state index contributed by atoms with van der Waals surface area (Å²) in [6, 6.07) is 4.92. The summed E-state index contributed by atoms with van der Waals surface area (Å²) >= 11 is 0. The first-order valence-electron chi connectivity index (χ1n) is 8.81. The van der Waals surface area contributed by atoms with Gasteiger partial charge in [0.1, 0.15) is 0 Å². The fourth-order valence-corrected chi connectivity index (χ4v) is 4.43. The number of halogens is 1. The lowest BCUT2D eigenvalue weighted by molar-refractivity contribution is 0.0964. The summed E-state index contributed by atoms with van der Waals surface area (Å²) in [5, 5.41) is 0. The molecule has 0 unspecified atom stereocenters. The Labute approximate surface area is 152 Å². The van der Waals surface area contributed by atoms with Gasteiger partial charge in [0, 0.05) is 23.7 Å². The fraction of sp³-hybridized carbons (Fsp3) is 0.400. The van der Waals surface area contributed by atoms with Gasteiger partial charge in [-0.1, -0.05) is 12.1 Å². The summed E-state index contributed by atoms with van der Waals surface area (Å²) in [5.74, 6) is -0.613. The van der Waals surface area contributed by atoms with E-state index in [1.807, 2.05) is 0 Å². The zero-order valence-corrected chi connectivity index (χ0v) is 15.6. The Morgan fingerprint density at radius 2 is 1.88 bits per heavy atom. The standard InChI is InChI=1S/C20H20FNO3S/c1-11-9-14(7-8-16(11)26(2,24)25)17-18(20(23)13-5-6-13)15(21)10-22-19(17)12-3-4-12/h7-10,12-13H,3-6H2,1-2H3. The van der Waals surface area contributed by atoms with E-state index in [1.54, 1.807) is 19.1 Å². The van der Waals surface area contributed by atoms with E-state index in [1.165, 1.54) is 6.07 Å². The Balaban J connectivity index is 1.94. The van der Waals surface area contributed by atoms with Gasteiger partial charge in [0.05, 0.1) is 22.3 Å². The number of hydrogen-bond donors (Lipinski definition) is 0. The van der Waals surface area contributed by atoms with Gasteiger partial charge in [-0.2, -0.15) is 0 Å². The molecule has 2 aliphatic carbocycles. The second kappa shape index (κ2) is 5.98. The number of aryl methyl sites for hydroxylation is 1. The fourth-order valence-electron chi connectivity index (χ4n) is 3.47. The van der Waals surface area contributed by atoms with Crippen LogP contribution in [0.4, 0.5) is 4.39 Å². The molecule has 1 aromatic heterocycles. The smallest absolute Gasteiger partial charge is 0.175 e. The second-order valence-corrected chi connectivity index (χ2v) is 9.39. The zero-order valence-electron chi connectivity index (χ0n) is 14.8. The summed E-state index contributed by atoms with van der Waals surface area (Å²) < 4.78 is 38.4. The Morgan fingerprint density at radius 3 is 2.42 bits per heavy atom. The highest BCUT2D eigenvalue weighted by atomic mass is 32.2. The third-order valence-electron chi connectivity index (χ3n) is 5.08. The van der Waals surface area contributed by atoms with Gasteiger partial charge in [-0.15, -0.1) is 0 Å². The number of sulfone groups is 1. The Hall–Kier alpha value is -2.08. The van der Waals surface area contributed by atoms with Crippen LogP contribution in [-0.2, 0) is 9.84 Å². The third-order valence-corrected chi connectivity index (χ3v) is 6.34. The van der Waals surface area contributed by atoms with Crippen molar-refractivity contribution in [1.82, 2.24) is 4.98 Å². The molecule has 4 nitrogen and oxygen atoms in total. The van der Waals surface area contributed by atoms with Crippen LogP contribution in [0.5, 0.6) is 0 Å². The van der Waals surface area contributed by atoms with Crippen molar-refractivity contribution >= 4 is 15.6 Å². The number of aromatic nitrogens is 1. The SMILES string of the molecule is Cc1cc(-c2c(C3CC3)ncc(F)c2C(=O)C2CC2)ccc1S(C)(=O)=O. The second-order valence-electron chi connectivity index (χ2n) is 7.41. The number of pyridine rings is 1. The first kappa shape index (κ1) is 17.3. The summed E-state index contributed by atoms with van der Waals surface area (Å²) in [4.78, 5) is 17.3. The average molecular weight is 373 g/mol. The third kappa shape index (κ3) is 3.07. The molecule has 0 N–H and O–H groups in total. The largest absolute Gasteiger partial charge is 0.294 e. The first-order chi connectivity index (χ1) is 12.3. The van der Waals surface area contributed by atoms with Gasteiger partial charge in [0.15, 0.2) is 21.4 Å². The molecule has 0 spiro atoms. The van der Waals surface area contributed by atoms with Crippen LogP contribution < -0.4 is 0 Å². The Bertz CT molecular complexity index is 1020. The maximum Gasteiger partial charge on any atom is 0.175 e. The summed E-state index contributed by atoms with van der Waals surface area (Å²) in [6.07, 6.45) is 5.86. The molecule has 0 saturated heterocycles. The van der Waals surface area contributed by atoms with E-state index in [0.29, 0.717) is 16.7 Å². The highest BCUT2D eigenvalue weighted by Gasteiger charge is 2.37. The number of Topliss-reactive ketones (excluding diaryl/α,β-unsaturated/α-hetero) is 1. The molecule has 2 aromatic rings. The minimum absolute atomic E-state index is 0.103. The van der Waals surface area contributed by atoms with E-state index in [-0.39, 0.29) is 28.1 Å². The molecule has 0 bridgehead atoms. The predicted octanol–water partition coefficient (Wildman–Crippen LogP) is 4.07. The van der Waals surface area contributed by atoms with Gasteiger partial charge in [-0.05, 0) is 49.8 Å². The topological polar surface area (TPSA) is 64.1 Å². The van der Waals surface area contributed by atoms with Gasteiger partial charge in [-0.3, -0.25) is 9.78 Å². The summed E-state index contributed by atoms with van der Waals surface area (Å²) in [7, 11) is -3.34. The van der Waals surface area contributed by atoms with Crippen molar-refractivity contribution in [1.29, 1.82) is 0 Å². The van der Waals surface area contributed by atoms with Gasteiger partial charge in [-0.25, -0.2) is 12.8 Å². The highest BCUT2D eigenvalue weighted by molar-refractivity contribution is 7.90. The monoisotopic (exact) mass is 373 g/mol. The summed E-state index contributed by atoms with van der Waals surface area (Å²) in [5.41, 5.74) is 2.67. The molecule has 136 valence electrons. The molecular weight excluding hydrogens is 353 g/mol. The van der Waals surface area contributed by atoms with Crippen LogP contribution >= 0.6 is 0 Å². The predicted molar refractivity (Wildman–Crippen MR) is 96.5 cm³/mol. The minimum atomic E-state index is -3.34. The van der Waals surface area contributed by atoms with E-state index in [9.17, 15) is 17.6 Å². The number of carbonyl (C=O) groups is 1. The van der Waals surface area contributed by atoms with Crippen LogP contribution in [0.3, 0.4) is 0 Å². The van der Waals surface area contributed by atoms with Crippen molar-refractivity contribution < 1.29 is 17.6 Å². The van der Waals surface area contributed by atoms with E-state index < -0.39 is 15.7 Å². The molecule has 0 radical (unpaired) electrons. The molecule has 0 atom stereocenters. The normalized spacial score (nSPS) is 17.3. The molecule has 2 aliphatic rings. The quantitative estimate of drug-likeness (QED) is 0.741. The maximum atomic E-state index is 14.6. The lowest BCUT2D eigenvalue weighted by Crippen LogP contribution is -2.11. The van der Waals surface area contributed by atoms with Crippen molar-refractivity contribution in [3.05, 3.63) is 47.0 Å². The molecular formula is C20H20FNO3S. The van der Waals surface area contributed by atoms with Gasteiger partial charge in [0.2, 0.25) is 0 Å². The van der Waals surface area contributed by atoms with Crippen LogP contribution in [0.25, 0.3) is 11.1 Å². The average Bonchev–Trinajstić information content (AvgIpc) is 3.45. The number of benzene rings is 1. The molecule has 2 fully saturated rings. The molecule has 6 heteroatoms. The molecule has 0 amide bonds. The molecule has 4 rings (SSSR count). The van der Waals surface area contributed by atoms with Gasteiger partial charge >= 0.3 is 0 Å². The van der Waals surface area contributed by atoms with Crippen LogP contribution in [-0.4, -0.2) is 25.4 Å². The number of carbonyl (C=O) groups excluding carboxylic acids is 1. The maximum absolute atomic E-state index is 14.6. The van der Waals surface area contributed by atoms with Crippen molar-refractivity contribution in [3.63, 3.8) is 0 Å². The number of hydrogen-bond acceptors (Lipinski definition) is 4. The Kier molecular flexibility index (Phi) is 3.99. The zero-order chi connectivity index (χ0) is 18.6. The first-order valence-corrected chi connectivity index (χ1v) is 10.7. The van der Waals surface area contributed by atoms with E-state index >= 15 is 0 Å². The number of ketones is 1. The van der Waals surface area contributed by atoms with Crippen molar-refractivity contribution in [3.8, 4) is 11.1 Å². The van der Waals surface area contributed by atoms with Crippen molar-refractivity contribution in [2.45, 2.75) is 43.4 Å². The molecule has 2 saturated carbocycles. The van der Waals surface area contributed by atoms with Crippen molar-refractivity contribution in [2.24, 2.45) is 5.92 Å². The lowest BCUT2D eigenvalue weighted by Gasteiger charge is -2.16. The molecule has 1 aromatic carbocycles. The minimum Gasteiger partial charge on any atom is -0.294 e. The Morgan fingerprint density at radius 1 is 1.19 bits per heavy atom. The lowest BCUT2D eigenvalue weighted by atomic mass is 9.91. The van der Waals surface area contributed by atoms with E-state index in [0.717, 1.165) is 43.8 Å². The van der Waals surface area contributed by atoms with E-state index in [4.69, 9.17) is 0 Å². The molecule has 1 heterocycles. The van der Waals surface area contributed by atoms with Crippen LogP contribution in [0.2, 0.25) is 0 Å². The van der Waals surface area contributed by atoms with Crippen LogP contribution in [0, 0.1) is 18.7 Å². The molecule has 26 heavy (non-hydrogen) atoms. The van der Waals surface area contributed by atoms with E-state index in [2.05, 4.69) is 4.98 Å².